The lowest BCUT2D eigenvalue weighted by Crippen LogP contribution is -2.14. The van der Waals surface area contributed by atoms with Crippen LogP contribution in [0.15, 0.2) is 24.4 Å². The average molecular weight is 235 g/mol. The summed E-state index contributed by atoms with van der Waals surface area (Å²) in [6.45, 7) is 0. The monoisotopic (exact) mass is 234 g/mol. The molecule has 1 fully saturated rings. The second-order valence-corrected chi connectivity index (χ2v) is 5.08. The lowest BCUT2D eigenvalue weighted by atomic mass is 9.97. The van der Waals surface area contributed by atoms with E-state index < -0.39 is 0 Å². The third-order valence-corrected chi connectivity index (χ3v) is 3.92. The predicted molar refractivity (Wildman–Crippen MR) is 67.9 cm³/mol. The van der Waals surface area contributed by atoms with Gasteiger partial charge in [-0.1, -0.05) is 23.7 Å². The Hall–Kier alpha value is -0.990. The van der Waals surface area contributed by atoms with Crippen LogP contribution in [-0.2, 0) is 0 Å². The van der Waals surface area contributed by atoms with Gasteiger partial charge in [0.1, 0.15) is 0 Å². The average Bonchev–Trinajstić information content (AvgIpc) is 2.84. The van der Waals surface area contributed by atoms with Gasteiger partial charge in [-0.3, -0.25) is 0 Å². The molecule has 2 nitrogen and oxygen atoms in total. The third kappa shape index (κ3) is 1.53. The first-order chi connectivity index (χ1) is 7.75. The highest BCUT2D eigenvalue weighted by molar-refractivity contribution is 6.35. The van der Waals surface area contributed by atoms with E-state index in [-0.39, 0.29) is 0 Å². The molecule has 3 N–H and O–H groups in total. The van der Waals surface area contributed by atoms with Crippen LogP contribution in [-0.4, -0.2) is 11.0 Å². The number of hydrogen-bond acceptors (Lipinski definition) is 1. The summed E-state index contributed by atoms with van der Waals surface area (Å²) >= 11 is 6.15. The Kier molecular flexibility index (Phi) is 2.41. The van der Waals surface area contributed by atoms with Crippen molar-refractivity contribution in [1.29, 1.82) is 0 Å². The van der Waals surface area contributed by atoms with Crippen LogP contribution in [0.3, 0.4) is 0 Å². The predicted octanol–water partition coefficient (Wildman–Crippen LogP) is 3.42. The van der Waals surface area contributed by atoms with Gasteiger partial charge in [0.15, 0.2) is 0 Å². The Morgan fingerprint density at radius 2 is 2.19 bits per heavy atom. The number of H-pyrrole nitrogens is 1. The summed E-state index contributed by atoms with van der Waals surface area (Å²) in [7, 11) is 0. The van der Waals surface area contributed by atoms with Crippen LogP contribution in [0.25, 0.3) is 10.9 Å². The molecule has 1 aliphatic carbocycles. The number of para-hydroxylation sites is 1. The smallest absolute Gasteiger partial charge is 0.0647 e. The number of fused-ring (bicyclic) bond motifs is 1. The highest BCUT2D eigenvalue weighted by Crippen LogP contribution is 2.38. The van der Waals surface area contributed by atoms with Gasteiger partial charge in [0, 0.05) is 17.6 Å². The normalized spacial score (nSPS) is 25.4. The van der Waals surface area contributed by atoms with E-state index in [1.54, 1.807) is 0 Å². The van der Waals surface area contributed by atoms with Crippen molar-refractivity contribution < 1.29 is 0 Å². The van der Waals surface area contributed by atoms with Crippen molar-refractivity contribution in [1.82, 2.24) is 4.98 Å². The zero-order chi connectivity index (χ0) is 11.1. The molecule has 1 aromatic carbocycles. The molecule has 2 atom stereocenters. The molecular formula is C13H15ClN2. The number of aromatic nitrogens is 1. The van der Waals surface area contributed by atoms with Gasteiger partial charge in [-0.2, -0.15) is 0 Å². The number of aromatic amines is 1. The van der Waals surface area contributed by atoms with Gasteiger partial charge in [0.2, 0.25) is 0 Å². The molecule has 0 saturated heterocycles. The van der Waals surface area contributed by atoms with Gasteiger partial charge in [-0.05, 0) is 36.8 Å². The number of nitrogens with one attached hydrogen (secondary N) is 1. The number of halogens is 1. The number of benzene rings is 1. The molecule has 0 unspecified atom stereocenters. The maximum absolute atomic E-state index is 6.15. The highest BCUT2D eigenvalue weighted by Gasteiger charge is 2.25. The van der Waals surface area contributed by atoms with E-state index >= 15 is 0 Å². The van der Waals surface area contributed by atoms with Crippen LogP contribution in [0.2, 0.25) is 5.02 Å². The second kappa shape index (κ2) is 3.79. The van der Waals surface area contributed by atoms with Crippen LogP contribution in [0.1, 0.15) is 30.7 Å². The second-order valence-electron chi connectivity index (χ2n) is 4.68. The standard InChI is InChI=1S/C13H15ClN2/c14-12-3-1-2-10-11(7-16-13(10)12)8-4-5-9(15)6-8/h1-3,7-9,16H,4-6,15H2/t8-,9-/m1/s1. The van der Waals surface area contributed by atoms with Crippen molar-refractivity contribution in [2.24, 2.45) is 5.73 Å². The van der Waals surface area contributed by atoms with E-state index in [1.807, 2.05) is 12.1 Å². The first-order valence-electron chi connectivity index (χ1n) is 5.77. The van der Waals surface area contributed by atoms with Crippen molar-refractivity contribution in [2.45, 2.75) is 31.2 Å². The minimum Gasteiger partial charge on any atom is -0.360 e. The summed E-state index contributed by atoms with van der Waals surface area (Å²) in [6, 6.07) is 6.44. The van der Waals surface area contributed by atoms with Crippen LogP contribution in [0, 0.1) is 0 Å². The van der Waals surface area contributed by atoms with Crippen LogP contribution in [0.5, 0.6) is 0 Å². The van der Waals surface area contributed by atoms with Crippen LogP contribution < -0.4 is 5.73 Å². The molecule has 16 heavy (non-hydrogen) atoms. The largest absolute Gasteiger partial charge is 0.360 e. The Morgan fingerprint density at radius 1 is 1.31 bits per heavy atom. The number of nitrogens with two attached hydrogens (primary N) is 1. The lowest BCUT2D eigenvalue weighted by Gasteiger charge is -2.08. The first kappa shape index (κ1) is 10.2. The molecule has 0 bridgehead atoms. The third-order valence-electron chi connectivity index (χ3n) is 3.61. The minimum absolute atomic E-state index is 0.370. The minimum atomic E-state index is 0.370. The fourth-order valence-corrected chi connectivity index (χ4v) is 3.00. The molecule has 1 aromatic heterocycles. The summed E-state index contributed by atoms with van der Waals surface area (Å²) in [5.74, 6) is 0.599. The highest BCUT2D eigenvalue weighted by atomic mass is 35.5. The van der Waals surface area contributed by atoms with Crippen molar-refractivity contribution in [2.75, 3.05) is 0 Å². The van der Waals surface area contributed by atoms with E-state index in [0.29, 0.717) is 12.0 Å². The molecule has 1 aliphatic rings. The molecule has 0 amide bonds. The lowest BCUT2D eigenvalue weighted by molar-refractivity contribution is 0.677. The van der Waals surface area contributed by atoms with Gasteiger partial charge in [0.05, 0.1) is 10.5 Å². The molecule has 1 saturated carbocycles. The van der Waals surface area contributed by atoms with Gasteiger partial charge in [-0.15, -0.1) is 0 Å². The quantitative estimate of drug-likeness (QED) is 0.780. The van der Waals surface area contributed by atoms with Crippen molar-refractivity contribution >= 4 is 22.5 Å². The van der Waals surface area contributed by atoms with Gasteiger partial charge < -0.3 is 10.7 Å². The summed E-state index contributed by atoms with van der Waals surface area (Å²) in [5, 5.41) is 2.05. The molecule has 84 valence electrons. The number of rotatable bonds is 1. The van der Waals surface area contributed by atoms with E-state index in [1.165, 1.54) is 17.4 Å². The maximum Gasteiger partial charge on any atom is 0.0647 e. The van der Waals surface area contributed by atoms with E-state index in [0.717, 1.165) is 23.4 Å². The molecule has 0 aliphatic heterocycles. The molecular weight excluding hydrogens is 220 g/mol. The molecule has 3 heteroatoms. The fraction of sp³-hybridized carbons (Fsp3) is 0.385. The Bertz CT molecular complexity index is 518. The Morgan fingerprint density at radius 3 is 2.94 bits per heavy atom. The molecule has 0 spiro atoms. The van der Waals surface area contributed by atoms with Gasteiger partial charge in [-0.25, -0.2) is 0 Å². The SMILES string of the molecule is N[C@@H]1CC[C@@H](c2c[nH]c3c(Cl)cccc23)C1. The fourth-order valence-electron chi connectivity index (χ4n) is 2.78. The summed E-state index contributed by atoms with van der Waals surface area (Å²) in [6.07, 6.45) is 5.53. The van der Waals surface area contributed by atoms with Crippen molar-refractivity contribution in [3.05, 3.63) is 35.0 Å². The summed E-state index contributed by atoms with van der Waals surface area (Å²) in [5.41, 5.74) is 8.40. The molecule has 0 radical (unpaired) electrons. The molecule has 1 heterocycles. The van der Waals surface area contributed by atoms with Crippen LogP contribution in [0.4, 0.5) is 0 Å². The van der Waals surface area contributed by atoms with E-state index in [9.17, 15) is 0 Å². The van der Waals surface area contributed by atoms with E-state index in [2.05, 4.69) is 17.2 Å². The summed E-state index contributed by atoms with van der Waals surface area (Å²) in [4.78, 5) is 3.28. The van der Waals surface area contributed by atoms with Crippen molar-refractivity contribution in [3.8, 4) is 0 Å². The zero-order valence-corrected chi connectivity index (χ0v) is 9.80. The number of hydrogen-bond donors (Lipinski definition) is 2. The van der Waals surface area contributed by atoms with Crippen molar-refractivity contribution in [3.63, 3.8) is 0 Å². The van der Waals surface area contributed by atoms with E-state index in [4.69, 9.17) is 17.3 Å². The van der Waals surface area contributed by atoms with Gasteiger partial charge >= 0.3 is 0 Å². The summed E-state index contributed by atoms with van der Waals surface area (Å²) < 4.78 is 0. The molecule has 3 rings (SSSR count). The maximum atomic E-state index is 6.15. The Labute approximate surface area is 99.8 Å². The Balaban J connectivity index is 2.08. The topological polar surface area (TPSA) is 41.8 Å². The van der Waals surface area contributed by atoms with Gasteiger partial charge in [0.25, 0.3) is 0 Å². The zero-order valence-electron chi connectivity index (χ0n) is 9.04. The first-order valence-corrected chi connectivity index (χ1v) is 6.14. The van der Waals surface area contributed by atoms with Crippen LogP contribution >= 0.6 is 11.6 Å². The molecule has 2 aromatic rings.